The highest BCUT2D eigenvalue weighted by Crippen LogP contribution is 2.34. The van der Waals surface area contributed by atoms with Crippen LogP contribution in [0.15, 0.2) is 0 Å². The highest BCUT2D eigenvalue weighted by molar-refractivity contribution is 4.95. The van der Waals surface area contributed by atoms with E-state index in [0.29, 0.717) is 0 Å². The number of rotatable bonds is 11. The lowest BCUT2D eigenvalue weighted by Gasteiger charge is -2.29. The Bertz CT molecular complexity index is 747. The monoisotopic (exact) mass is 560 g/mol. The van der Waals surface area contributed by atoms with Gasteiger partial charge in [-0.25, -0.2) is 0 Å². The zero-order chi connectivity index (χ0) is 27.7. The molecule has 4 saturated heterocycles. The maximum absolute atomic E-state index is 10.8. The minimum atomic E-state index is -1.58. The summed E-state index contributed by atoms with van der Waals surface area (Å²) in [5.41, 5.74) is 0. The van der Waals surface area contributed by atoms with E-state index in [2.05, 4.69) is 0 Å². The van der Waals surface area contributed by atoms with Crippen molar-refractivity contribution in [2.45, 2.75) is 98.4 Å². The van der Waals surface area contributed by atoms with E-state index in [0.717, 1.165) is 0 Å². The molecule has 38 heavy (non-hydrogen) atoms. The van der Waals surface area contributed by atoms with E-state index in [4.69, 9.17) is 37.9 Å². The number of hydrogen-bond acceptors (Lipinski definition) is 17. The normalized spacial score (nSPS) is 51.3. The van der Waals surface area contributed by atoms with E-state index in [9.17, 15) is 46.0 Å². The second kappa shape index (κ2) is 12.9. The second-order valence-electron chi connectivity index (χ2n) is 9.43. The van der Waals surface area contributed by atoms with Gasteiger partial charge in [-0.1, -0.05) is 0 Å². The van der Waals surface area contributed by atoms with Crippen LogP contribution in [0.1, 0.15) is 0 Å². The molecule has 4 heterocycles. The van der Waals surface area contributed by atoms with Crippen LogP contribution in [0.4, 0.5) is 0 Å². The van der Waals surface area contributed by atoms with Crippen LogP contribution < -0.4 is 0 Å². The van der Waals surface area contributed by atoms with Crippen LogP contribution in [0.3, 0.4) is 0 Å². The number of hydrogen-bond donors (Lipinski definition) is 9. The highest BCUT2D eigenvalue weighted by atomic mass is 16.8. The molecular formula is C21H36O17. The van der Waals surface area contributed by atoms with Crippen LogP contribution in [0.5, 0.6) is 0 Å². The van der Waals surface area contributed by atoms with Crippen molar-refractivity contribution in [3.05, 3.63) is 0 Å². The van der Waals surface area contributed by atoms with E-state index in [1.165, 1.54) is 7.11 Å². The fourth-order valence-corrected chi connectivity index (χ4v) is 4.79. The third kappa shape index (κ3) is 5.85. The smallest absolute Gasteiger partial charge is 0.187 e. The zero-order valence-corrected chi connectivity index (χ0v) is 20.4. The van der Waals surface area contributed by atoms with Gasteiger partial charge in [-0.15, -0.1) is 0 Å². The van der Waals surface area contributed by atoms with Crippen LogP contribution >= 0.6 is 0 Å². The highest BCUT2D eigenvalue weighted by Gasteiger charge is 2.54. The Balaban J connectivity index is 1.39. The van der Waals surface area contributed by atoms with Crippen LogP contribution in [0.25, 0.3) is 0 Å². The molecule has 0 saturated carbocycles. The predicted molar refractivity (Wildman–Crippen MR) is 115 cm³/mol. The molecule has 17 nitrogen and oxygen atoms in total. The standard InChI is InChI=1S/C21H36O17/c1-31-18-13(28)11(26)9(36-18)5-32-19-15(30)16(8(4-24)35-19)37-21-17(12(27)7(3-23)34-21)38-20-14(29)10(25)6(2-22)33-20/h6-30H,2-5H2,1H3/t6-,7-,8-,9-,10-,11-,12-,13+,14+,15+,16-,17+,18+,19+,20+,21-/m1/s1. The minimum absolute atomic E-state index is 0.326. The van der Waals surface area contributed by atoms with Gasteiger partial charge < -0.3 is 83.9 Å². The van der Waals surface area contributed by atoms with Crippen molar-refractivity contribution in [3.63, 3.8) is 0 Å². The van der Waals surface area contributed by atoms with Crippen molar-refractivity contribution in [3.8, 4) is 0 Å². The van der Waals surface area contributed by atoms with E-state index in [-0.39, 0.29) is 6.61 Å². The Morgan fingerprint density at radius 3 is 1.58 bits per heavy atom. The maximum Gasteiger partial charge on any atom is 0.187 e. The molecule has 9 N–H and O–H groups in total. The Labute approximate surface area is 216 Å². The molecule has 4 rings (SSSR count). The summed E-state index contributed by atoms with van der Waals surface area (Å²) in [7, 11) is 1.29. The second-order valence-corrected chi connectivity index (χ2v) is 9.43. The molecule has 4 aliphatic rings. The fraction of sp³-hybridized carbons (Fsp3) is 1.00. The zero-order valence-electron chi connectivity index (χ0n) is 20.4. The van der Waals surface area contributed by atoms with Gasteiger partial charge in [0.1, 0.15) is 73.2 Å². The lowest BCUT2D eigenvalue weighted by molar-refractivity contribution is -0.264. The van der Waals surface area contributed by atoms with Crippen molar-refractivity contribution in [1.82, 2.24) is 0 Å². The Morgan fingerprint density at radius 2 is 1.00 bits per heavy atom. The summed E-state index contributed by atoms with van der Waals surface area (Å²) >= 11 is 0. The van der Waals surface area contributed by atoms with Gasteiger partial charge in [0.2, 0.25) is 0 Å². The van der Waals surface area contributed by atoms with E-state index < -0.39 is 118 Å². The molecule has 4 aliphatic heterocycles. The molecule has 0 spiro atoms. The lowest BCUT2D eigenvalue weighted by atomic mass is 10.1. The number of aliphatic hydroxyl groups excluding tert-OH is 9. The van der Waals surface area contributed by atoms with Gasteiger partial charge in [0.05, 0.1) is 26.4 Å². The average molecular weight is 561 g/mol. The molecule has 0 unspecified atom stereocenters. The first-order valence-electron chi connectivity index (χ1n) is 12.1. The van der Waals surface area contributed by atoms with Gasteiger partial charge >= 0.3 is 0 Å². The summed E-state index contributed by atoms with van der Waals surface area (Å²) in [6, 6.07) is 0. The number of methoxy groups -OCH3 is 1. The van der Waals surface area contributed by atoms with E-state index in [1.807, 2.05) is 0 Å². The SMILES string of the molecule is CO[C@H]1O[C@H](CO[C@H]2O[C@H](CO)[C@@H](O[C@H]3O[C@H](CO)[C@@H](O)[C@@H]3O[C@@H]3O[C@H](CO)[C@@H](O)[C@@H]3O)[C@@H]2O)[C@@H](O)[C@@H]1O. The first kappa shape index (κ1) is 30.3. The molecule has 0 radical (unpaired) electrons. The minimum Gasteiger partial charge on any atom is -0.394 e. The van der Waals surface area contributed by atoms with Gasteiger partial charge in [-0.3, -0.25) is 0 Å². The van der Waals surface area contributed by atoms with Crippen molar-refractivity contribution < 1.29 is 83.9 Å². The van der Waals surface area contributed by atoms with Crippen LogP contribution in [0.2, 0.25) is 0 Å². The van der Waals surface area contributed by atoms with Gasteiger partial charge in [-0.2, -0.15) is 0 Å². The molecule has 0 aliphatic carbocycles. The van der Waals surface area contributed by atoms with Gasteiger partial charge in [0, 0.05) is 7.11 Å². The third-order valence-electron chi connectivity index (χ3n) is 7.00. The van der Waals surface area contributed by atoms with E-state index in [1.54, 1.807) is 0 Å². The topological polar surface area (TPSA) is 256 Å². The van der Waals surface area contributed by atoms with Gasteiger partial charge in [0.15, 0.2) is 25.2 Å². The molecule has 0 aromatic rings. The number of ether oxygens (including phenoxy) is 8. The first-order valence-corrected chi connectivity index (χ1v) is 12.1. The fourth-order valence-electron chi connectivity index (χ4n) is 4.79. The molecule has 0 bridgehead atoms. The van der Waals surface area contributed by atoms with Gasteiger partial charge in [0.25, 0.3) is 0 Å². The van der Waals surface area contributed by atoms with E-state index >= 15 is 0 Å². The molecule has 16 atom stereocenters. The lowest BCUT2D eigenvalue weighted by Crippen LogP contribution is -2.47. The Hall–Kier alpha value is -0.680. The van der Waals surface area contributed by atoms with Crippen LogP contribution in [-0.2, 0) is 37.9 Å². The first-order chi connectivity index (χ1) is 18.1. The van der Waals surface area contributed by atoms with Crippen LogP contribution in [-0.4, -0.2) is 178 Å². The number of aliphatic hydroxyl groups is 9. The summed E-state index contributed by atoms with van der Waals surface area (Å²) in [6.45, 7) is -2.21. The largest absolute Gasteiger partial charge is 0.394 e. The maximum atomic E-state index is 10.8. The molecule has 0 amide bonds. The Kier molecular flexibility index (Phi) is 10.3. The summed E-state index contributed by atoms with van der Waals surface area (Å²) < 4.78 is 43.4. The van der Waals surface area contributed by atoms with Crippen molar-refractivity contribution in [2.24, 2.45) is 0 Å². The molecular weight excluding hydrogens is 524 g/mol. The molecule has 0 aromatic heterocycles. The summed E-state index contributed by atoms with van der Waals surface area (Å²) in [6.07, 6.45) is -21.3. The molecule has 222 valence electrons. The summed E-state index contributed by atoms with van der Waals surface area (Å²) in [4.78, 5) is 0. The summed E-state index contributed by atoms with van der Waals surface area (Å²) in [5.74, 6) is 0. The quantitative estimate of drug-likeness (QED) is 0.114. The molecule has 17 heteroatoms. The third-order valence-corrected chi connectivity index (χ3v) is 7.00. The Morgan fingerprint density at radius 1 is 0.500 bits per heavy atom. The predicted octanol–water partition coefficient (Wildman–Crippen LogP) is -6.54. The molecule has 0 aromatic carbocycles. The molecule has 4 fully saturated rings. The summed E-state index contributed by atoms with van der Waals surface area (Å²) in [5, 5.41) is 90.2. The van der Waals surface area contributed by atoms with Crippen molar-refractivity contribution in [2.75, 3.05) is 33.5 Å². The van der Waals surface area contributed by atoms with Crippen molar-refractivity contribution in [1.29, 1.82) is 0 Å². The van der Waals surface area contributed by atoms with Crippen LogP contribution in [0, 0.1) is 0 Å². The van der Waals surface area contributed by atoms with Crippen molar-refractivity contribution >= 4 is 0 Å². The average Bonchev–Trinajstić information content (AvgIpc) is 3.58. The van der Waals surface area contributed by atoms with Gasteiger partial charge in [-0.05, 0) is 0 Å².